The third-order valence-corrected chi connectivity index (χ3v) is 4.49. The van der Waals surface area contributed by atoms with Gasteiger partial charge in [0.1, 0.15) is 0 Å². The van der Waals surface area contributed by atoms with Gasteiger partial charge in [-0.2, -0.15) is 0 Å². The lowest BCUT2D eigenvalue weighted by molar-refractivity contribution is 0.0863. The highest BCUT2D eigenvalue weighted by atomic mass is 32.2. The van der Waals surface area contributed by atoms with Gasteiger partial charge in [0.25, 0.3) is 0 Å². The van der Waals surface area contributed by atoms with Crippen LogP contribution in [0.2, 0.25) is 0 Å². The van der Waals surface area contributed by atoms with Crippen molar-refractivity contribution >= 4 is 12.2 Å². The second kappa shape index (κ2) is 4.03. The van der Waals surface area contributed by atoms with E-state index in [9.17, 15) is 0 Å². The molecule has 0 aromatic carbocycles. The molecule has 0 aromatic rings. The maximum atomic E-state index is 8.90. The van der Waals surface area contributed by atoms with Crippen molar-refractivity contribution < 1.29 is 4.55 Å². The molecule has 82 valence electrons. The summed E-state index contributed by atoms with van der Waals surface area (Å²) in [5.41, 5.74) is 0.174. The monoisotopic (exact) mass is 215 g/mol. The highest BCUT2D eigenvalue weighted by Crippen LogP contribution is 2.46. The lowest BCUT2D eigenvalue weighted by Crippen LogP contribution is -2.47. The lowest BCUT2D eigenvalue weighted by Gasteiger charge is -2.47. The Labute approximate surface area is 91.2 Å². The van der Waals surface area contributed by atoms with E-state index in [0.29, 0.717) is 0 Å². The standard InChI is InChI=1S/C11H21NOS/c1-8-3-9-5-10(4-8)7-11(2,6-9)12-14-13/h8-10,12-13H,3-7H2,1-2H3. The first-order valence-electron chi connectivity index (χ1n) is 5.69. The smallest absolute Gasteiger partial charge is 0.0765 e. The second-order valence-electron chi connectivity index (χ2n) is 5.71. The third kappa shape index (κ3) is 2.26. The summed E-state index contributed by atoms with van der Waals surface area (Å²) in [5.74, 6) is 2.70. The topological polar surface area (TPSA) is 32.3 Å². The summed E-state index contributed by atoms with van der Waals surface area (Å²) in [4.78, 5) is 0. The highest BCUT2D eigenvalue weighted by molar-refractivity contribution is 7.91. The molecular weight excluding hydrogens is 194 g/mol. The van der Waals surface area contributed by atoms with Crippen LogP contribution in [-0.2, 0) is 0 Å². The van der Waals surface area contributed by atoms with E-state index in [1.165, 1.54) is 32.1 Å². The van der Waals surface area contributed by atoms with E-state index in [1.807, 2.05) is 0 Å². The summed E-state index contributed by atoms with van der Waals surface area (Å²) in [6, 6.07) is 0. The summed E-state index contributed by atoms with van der Waals surface area (Å²) in [5, 5.41) is 0. The predicted octanol–water partition coefficient (Wildman–Crippen LogP) is 3.30. The first-order valence-corrected chi connectivity index (χ1v) is 6.46. The van der Waals surface area contributed by atoms with Crippen molar-refractivity contribution in [3.05, 3.63) is 0 Å². The molecule has 2 atom stereocenters. The zero-order chi connectivity index (χ0) is 10.2. The van der Waals surface area contributed by atoms with Crippen LogP contribution in [0, 0.1) is 17.8 Å². The van der Waals surface area contributed by atoms with Crippen molar-refractivity contribution in [1.29, 1.82) is 0 Å². The molecule has 2 rings (SSSR count). The molecule has 0 aromatic heterocycles. The Morgan fingerprint density at radius 3 is 2.29 bits per heavy atom. The molecule has 0 heterocycles. The summed E-state index contributed by atoms with van der Waals surface area (Å²) in [6.45, 7) is 4.64. The summed E-state index contributed by atoms with van der Waals surface area (Å²) in [7, 11) is 0. The first kappa shape index (κ1) is 10.8. The van der Waals surface area contributed by atoms with Gasteiger partial charge in [-0.3, -0.25) is 0 Å². The minimum absolute atomic E-state index is 0.174. The number of hydrogen-bond acceptors (Lipinski definition) is 3. The molecule has 0 amide bonds. The molecule has 2 N–H and O–H groups in total. The van der Waals surface area contributed by atoms with Crippen molar-refractivity contribution in [2.75, 3.05) is 0 Å². The van der Waals surface area contributed by atoms with Crippen LogP contribution in [0.15, 0.2) is 0 Å². The first-order chi connectivity index (χ1) is 6.61. The van der Waals surface area contributed by atoms with Gasteiger partial charge >= 0.3 is 0 Å². The van der Waals surface area contributed by atoms with E-state index in [1.54, 1.807) is 0 Å². The predicted molar refractivity (Wildman–Crippen MR) is 61.0 cm³/mol. The maximum Gasteiger partial charge on any atom is 0.0765 e. The van der Waals surface area contributed by atoms with E-state index >= 15 is 0 Å². The zero-order valence-electron chi connectivity index (χ0n) is 9.12. The SMILES string of the molecule is CC1CC2CC(C1)CC(C)(NSO)C2. The molecule has 2 nitrogen and oxygen atoms in total. The average Bonchev–Trinajstić information content (AvgIpc) is 1.99. The highest BCUT2D eigenvalue weighted by Gasteiger charge is 2.40. The minimum Gasteiger partial charge on any atom is -0.317 e. The van der Waals surface area contributed by atoms with Crippen LogP contribution in [0.3, 0.4) is 0 Å². The van der Waals surface area contributed by atoms with Gasteiger partial charge in [-0.25, -0.2) is 4.72 Å². The second-order valence-corrected chi connectivity index (χ2v) is 6.09. The van der Waals surface area contributed by atoms with Gasteiger partial charge in [-0.05, 0) is 56.8 Å². The van der Waals surface area contributed by atoms with E-state index in [2.05, 4.69) is 18.6 Å². The van der Waals surface area contributed by atoms with Crippen LogP contribution in [-0.4, -0.2) is 10.1 Å². The quantitative estimate of drug-likeness (QED) is 0.547. The number of fused-ring (bicyclic) bond motifs is 2. The Balaban J connectivity index is 2.01. The summed E-state index contributed by atoms with van der Waals surface area (Å²) >= 11 is 0.796. The van der Waals surface area contributed by atoms with E-state index in [4.69, 9.17) is 4.55 Å². The Hall–Kier alpha value is 0.270. The zero-order valence-corrected chi connectivity index (χ0v) is 9.94. The summed E-state index contributed by atoms with van der Waals surface area (Å²) < 4.78 is 12.1. The summed E-state index contributed by atoms with van der Waals surface area (Å²) in [6.07, 6.45) is 6.69. The molecule has 3 heteroatoms. The van der Waals surface area contributed by atoms with Crippen LogP contribution in [0.1, 0.15) is 46.0 Å². The van der Waals surface area contributed by atoms with Gasteiger partial charge in [-0.15, -0.1) is 0 Å². The van der Waals surface area contributed by atoms with Gasteiger partial charge in [0, 0.05) is 5.54 Å². The molecule has 0 saturated heterocycles. The van der Waals surface area contributed by atoms with E-state index in [-0.39, 0.29) is 5.54 Å². The van der Waals surface area contributed by atoms with Gasteiger partial charge in [-0.1, -0.05) is 6.92 Å². The molecule has 2 saturated carbocycles. The van der Waals surface area contributed by atoms with E-state index < -0.39 is 0 Å². The number of hydrogen-bond donors (Lipinski definition) is 2. The maximum absolute atomic E-state index is 8.90. The fourth-order valence-electron chi connectivity index (χ4n) is 3.78. The third-order valence-electron chi connectivity index (χ3n) is 3.91. The largest absolute Gasteiger partial charge is 0.317 e. The Morgan fingerprint density at radius 2 is 1.79 bits per heavy atom. The van der Waals surface area contributed by atoms with Crippen LogP contribution >= 0.6 is 12.2 Å². The van der Waals surface area contributed by atoms with Crippen molar-refractivity contribution in [3.63, 3.8) is 0 Å². The molecule has 2 bridgehead atoms. The fourth-order valence-corrected chi connectivity index (χ4v) is 4.17. The fraction of sp³-hybridized carbons (Fsp3) is 1.00. The normalized spacial score (nSPS) is 47.8. The van der Waals surface area contributed by atoms with Crippen molar-refractivity contribution in [1.82, 2.24) is 4.72 Å². The van der Waals surface area contributed by atoms with Gasteiger partial charge in [0.2, 0.25) is 0 Å². The molecule has 2 fully saturated rings. The van der Waals surface area contributed by atoms with Crippen molar-refractivity contribution in [2.45, 2.75) is 51.5 Å². The number of rotatable bonds is 2. The average molecular weight is 215 g/mol. The molecule has 2 unspecified atom stereocenters. The van der Waals surface area contributed by atoms with E-state index in [0.717, 1.165) is 30.0 Å². The van der Waals surface area contributed by atoms with Crippen LogP contribution < -0.4 is 4.72 Å². The van der Waals surface area contributed by atoms with Crippen molar-refractivity contribution in [2.24, 2.45) is 17.8 Å². The Morgan fingerprint density at radius 1 is 1.21 bits per heavy atom. The minimum atomic E-state index is 0.174. The molecule has 2 aliphatic carbocycles. The molecule has 0 radical (unpaired) electrons. The van der Waals surface area contributed by atoms with Gasteiger partial charge in [0.15, 0.2) is 0 Å². The van der Waals surface area contributed by atoms with Crippen molar-refractivity contribution in [3.8, 4) is 0 Å². The Kier molecular flexibility index (Phi) is 3.10. The van der Waals surface area contributed by atoms with Gasteiger partial charge in [0.05, 0.1) is 12.2 Å². The lowest BCUT2D eigenvalue weighted by atomic mass is 9.63. The van der Waals surface area contributed by atoms with Crippen LogP contribution in [0.4, 0.5) is 0 Å². The molecule has 2 aliphatic rings. The molecule has 0 spiro atoms. The van der Waals surface area contributed by atoms with Gasteiger partial charge < -0.3 is 4.55 Å². The molecule has 14 heavy (non-hydrogen) atoms. The van der Waals surface area contributed by atoms with Crippen LogP contribution in [0.5, 0.6) is 0 Å². The number of nitrogens with one attached hydrogen (secondary N) is 1. The molecule has 0 aliphatic heterocycles. The Bertz CT molecular complexity index is 191. The van der Waals surface area contributed by atoms with Crippen LogP contribution in [0.25, 0.3) is 0 Å². The molecular formula is C11H21NOS.